The third-order valence-electron chi connectivity index (χ3n) is 7.11. The summed E-state index contributed by atoms with van der Waals surface area (Å²) in [5.41, 5.74) is 1.29. The van der Waals surface area contributed by atoms with E-state index in [1.165, 1.54) is 22.9 Å². The second-order valence-corrected chi connectivity index (χ2v) is 10.7. The smallest absolute Gasteiger partial charge is 0.335 e. The molecule has 0 aliphatic heterocycles. The van der Waals surface area contributed by atoms with Crippen molar-refractivity contribution in [3.8, 4) is 11.3 Å². The first-order chi connectivity index (χ1) is 17.4. The van der Waals surface area contributed by atoms with Gasteiger partial charge in [-0.15, -0.1) is 0 Å². The van der Waals surface area contributed by atoms with Crippen LogP contribution in [0.5, 0.6) is 0 Å². The number of carbonyl (C=O) groups excluding carboxylic acids is 1. The van der Waals surface area contributed by atoms with Crippen molar-refractivity contribution in [2.45, 2.75) is 59.0 Å². The van der Waals surface area contributed by atoms with Crippen LogP contribution in [0.25, 0.3) is 11.3 Å². The van der Waals surface area contributed by atoms with Gasteiger partial charge in [-0.3, -0.25) is 9.48 Å². The molecule has 4 rings (SSSR count). The molecule has 0 radical (unpaired) electrons. The Morgan fingerprint density at radius 1 is 1.00 bits per heavy atom. The monoisotopic (exact) mass is 513 g/mol. The van der Waals surface area contributed by atoms with Gasteiger partial charge in [-0.1, -0.05) is 32.9 Å². The number of nitrogens with one attached hydrogen (secondary N) is 1. The molecule has 196 valence electrons. The fourth-order valence-corrected chi connectivity index (χ4v) is 4.85. The molecule has 2 N–H and O–H groups in total. The van der Waals surface area contributed by atoms with Crippen LogP contribution in [0.2, 0.25) is 0 Å². The normalized spacial score (nSPS) is 18.0. The molecule has 1 aliphatic rings. The van der Waals surface area contributed by atoms with E-state index in [0.29, 0.717) is 11.5 Å². The van der Waals surface area contributed by atoms with Crippen molar-refractivity contribution in [1.82, 2.24) is 15.1 Å². The van der Waals surface area contributed by atoms with Gasteiger partial charge < -0.3 is 10.4 Å². The summed E-state index contributed by atoms with van der Waals surface area (Å²) in [5.74, 6) is -5.14. The third kappa shape index (κ3) is 6.03. The Kier molecular flexibility index (Phi) is 7.43. The van der Waals surface area contributed by atoms with Crippen molar-refractivity contribution >= 4 is 11.9 Å². The Hall–Kier alpha value is -3.62. The van der Waals surface area contributed by atoms with E-state index in [0.717, 1.165) is 37.8 Å². The van der Waals surface area contributed by atoms with E-state index >= 15 is 0 Å². The average Bonchev–Trinajstić information content (AvgIpc) is 3.26. The summed E-state index contributed by atoms with van der Waals surface area (Å²) in [6.45, 7) is 6.79. The van der Waals surface area contributed by atoms with Crippen LogP contribution in [0.15, 0.2) is 42.5 Å². The van der Waals surface area contributed by atoms with Crippen molar-refractivity contribution in [2.75, 3.05) is 0 Å². The minimum atomic E-state index is -1.58. The van der Waals surface area contributed by atoms with Crippen molar-refractivity contribution in [1.29, 1.82) is 0 Å². The lowest BCUT2D eigenvalue weighted by Crippen LogP contribution is -2.40. The summed E-state index contributed by atoms with van der Waals surface area (Å²) in [4.78, 5) is 24.5. The zero-order chi connectivity index (χ0) is 26.9. The molecular weight excluding hydrogens is 483 g/mol. The van der Waals surface area contributed by atoms with Gasteiger partial charge in [0, 0.05) is 11.6 Å². The zero-order valence-corrected chi connectivity index (χ0v) is 21.0. The van der Waals surface area contributed by atoms with Gasteiger partial charge >= 0.3 is 5.97 Å². The summed E-state index contributed by atoms with van der Waals surface area (Å²) in [5, 5.41) is 16.6. The predicted octanol–water partition coefficient (Wildman–Crippen LogP) is 6.05. The van der Waals surface area contributed by atoms with Gasteiger partial charge in [0.15, 0.2) is 17.5 Å². The highest BCUT2D eigenvalue weighted by atomic mass is 19.2. The highest BCUT2D eigenvalue weighted by Crippen LogP contribution is 2.37. The maximum absolute atomic E-state index is 13.9. The average molecular weight is 514 g/mol. The number of rotatable bonds is 6. The first kappa shape index (κ1) is 26.4. The number of amides is 1. The van der Waals surface area contributed by atoms with Gasteiger partial charge in [0.1, 0.15) is 5.69 Å². The number of aromatic nitrogens is 2. The van der Waals surface area contributed by atoms with E-state index in [-0.39, 0.29) is 46.4 Å². The summed E-state index contributed by atoms with van der Waals surface area (Å²) in [7, 11) is 0. The van der Waals surface area contributed by atoms with Crippen LogP contribution in [-0.4, -0.2) is 32.8 Å². The number of carbonyl (C=O) groups is 2. The molecule has 1 heterocycles. The van der Waals surface area contributed by atoms with Crippen LogP contribution in [-0.2, 0) is 6.54 Å². The van der Waals surface area contributed by atoms with Crippen LogP contribution in [0.1, 0.15) is 72.9 Å². The van der Waals surface area contributed by atoms with Gasteiger partial charge in [-0.2, -0.15) is 5.10 Å². The minimum absolute atomic E-state index is 0.00360. The molecule has 2 aromatic carbocycles. The Balaban J connectivity index is 1.61. The molecule has 6 nitrogen and oxygen atoms in total. The number of benzene rings is 2. The highest BCUT2D eigenvalue weighted by Gasteiger charge is 2.31. The molecule has 0 bridgehead atoms. The van der Waals surface area contributed by atoms with E-state index in [4.69, 9.17) is 5.11 Å². The molecule has 0 saturated heterocycles. The number of nitrogens with zero attached hydrogens (tertiary/aromatic N) is 2. The number of carboxylic acids is 1. The number of aromatic carboxylic acids is 1. The zero-order valence-electron chi connectivity index (χ0n) is 21.0. The minimum Gasteiger partial charge on any atom is -0.478 e. The highest BCUT2D eigenvalue weighted by molar-refractivity contribution is 5.94. The molecule has 1 saturated carbocycles. The largest absolute Gasteiger partial charge is 0.478 e. The number of hydrogen-bond acceptors (Lipinski definition) is 3. The fraction of sp³-hybridized carbons (Fsp3) is 0.393. The topological polar surface area (TPSA) is 84.2 Å². The van der Waals surface area contributed by atoms with E-state index < -0.39 is 23.4 Å². The molecule has 1 aliphatic carbocycles. The van der Waals surface area contributed by atoms with E-state index in [9.17, 15) is 22.8 Å². The van der Waals surface area contributed by atoms with Crippen LogP contribution < -0.4 is 5.32 Å². The second-order valence-electron chi connectivity index (χ2n) is 10.7. The standard InChI is InChI=1S/C28H30F3N3O3/c1-28(2,3)19-8-10-20(11-9-19)32-26(35)24-14-23(18-12-21(29)25(31)22(30)13-18)33-34(24)15-16-4-6-17(7-5-16)27(36)37/h4-7,12-14,19-20H,8-11,15H2,1-3H3,(H,32,35)(H,36,37)/t19-,20-. The maximum Gasteiger partial charge on any atom is 0.335 e. The second kappa shape index (κ2) is 10.4. The number of carboxylic acid groups (broad SMARTS) is 1. The van der Waals surface area contributed by atoms with Gasteiger partial charge in [-0.25, -0.2) is 18.0 Å². The van der Waals surface area contributed by atoms with Gasteiger partial charge in [-0.05, 0) is 72.9 Å². The lowest BCUT2D eigenvalue weighted by atomic mass is 9.71. The SMILES string of the molecule is CC(C)(C)[C@H]1CC[C@H](NC(=O)c2cc(-c3cc(F)c(F)c(F)c3)nn2Cc2ccc(C(=O)O)cc2)CC1. The Labute approximate surface area is 213 Å². The predicted molar refractivity (Wildman–Crippen MR) is 133 cm³/mol. The maximum atomic E-state index is 13.9. The van der Waals surface area contributed by atoms with Crippen molar-refractivity contribution in [3.63, 3.8) is 0 Å². The molecule has 1 fully saturated rings. The summed E-state index contributed by atoms with van der Waals surface area (Å²) < 4.78 is 42.7. The van der Waals surface area contributed by atoms with Gasteiger partial charge in [0.2, 0.25) is 0 Å². The summed E-state index contributed by atoms with van der Waals surface area (Å²) in [6, 6.07) is 9.20. The molecular formula is C28H30F3N3O3. The summed E-state index contributed by atoms with van der Waals surface area (Å²) >= 11 is 0. The summed E-state index contributed by atoms with van der Waals surface area (Å²) in [6.07, 6.45) is 3.70. The third-order valence-corrected chi connectivity index (χ3v) is 7.11. The lowest BCUT2D eigenvalue weighted by molar-refractivity contribution is 0.0696. The quantitative estimate of drug-likeness (QED) is 0.393. The lowest BCUT2D eigenvalue weighted by Gasteiger charge is -2.37. The molecule has 1 aromatic heterocycles. The molecule has 0 spiro atoms. The molecule has 0 unspecified atom stereocenters. The Bertz CT molecular complexity index is 1280. The van der Waals surface area contributed by atoms with Gasteiger partial charge in [0.25, 0.3) is 5.91 Å². The van der Waals surface area contributed by atoms with Crippen LogP contribution in [0, 0.1) is 28.8 Å². The van der Waals surface area contributed by atoms with Gasteiger partial charge in [0.05, 0.1) is 17.8 Å². The van der Waals surface area contributed by atoms with E-state index in [1.54, 1.807) is 12.1 Å². The van der Waals surface area contributed by atoms with E-state index in [2.05, 4.69) is 31.2 Å². The van der Waals surface area contributed by atoms with Crippen molar-refractivity contribution in [3.05, 3.63) is 76.7 Å². The molecule has 0 atom stereocenters. The van der Waals surface area contributed by atoms with Crippen LogP contribution >= 0.6 is 0 Å². The number of halogens is 3. The van der Waals surface area contributed by atoms with Crippen molar-refractivity contribution in [2.24, 2.45) is 11.3 Å². The number of hydrogen-bond donors (Lipinski definition) is 2. The van der Waals surface area contributed by atoms with Crippen LogP contribution in [0.4, 0.5) is 13.2 Å². The first-order valence-corrected chi connectivity index (χ1v) is 12.3. The Morgan fingerprint density at radius 2 is 1.59 bits per heavy atom. The first-order valence-electron chi connectivity index (χ1n) is 12.3. The molecule has 37 heavy (non-hydrogen) atoms. The molecule has 1 amide bonds. The van der Waals surface area contributed by atoms with Crippen molar-refractivity contribution < 1.29 is 27.9 Å². The van der Waals surface area contributed by atoms with E-state index in [1.807, 2.05) is 0 Å². The van der Waals surface area contributed by atoms with Crippen LogP contribution in [0.3, 0.4) is 0 Å². The Morgan fingerprint density at radius 3 is 2.14 bits per heavy atom. The fourth-order valence-electron chi connectivity index (χ4n) is 4.85. The molecule has 3 aromatic rings. The molecule has 9 heteroatoms.